The Morgan fingerprint density at radius 3 is 2.75 bits per heavy atom. The summed E-state index contributed by atoms with van der Waals surface area (Å²) in [5, 5.41) is 8.29. The summed E-state index contributed by atoms with van der Waals surface area (Å²) in [4.78, 5) is 12.1. The zero-order valence-electron chi connectivity index (χ0n) is 13.0. The lowest BCUT2D eigenvalue weighted by Crippen LogP contribution is -2.37. The molecule has 1 fully saturated rings. The number of thioether (sulfide) groups is 1. The maximum atomic E-state index is 12.1. The fourth-order valence-electron chi connectivity index (χ4n) is 2.71. The molecule has 4 nitrogen and oxygen atoms in total. The van der Waals surface area contributed by atoms with Gasteiger partial charge in [0.2, 0.25) is 5.91 Å². The molecule has 1 aromatic heterocycles. The van der Waals surface area contributed by atoms with Crippen molar-refractivity contribution in [2.45, 2.75) is 42.5 Å². The van der Waals surface area contributed by atoms with Gasteiger partial charge in [-0.1, -0.05) is 54.0 Å². The third kappa shape index (κ3) is 4.81. The lowest BCUT2D eigenvalue weighted by Gasteiger charge is -2.22. The van der Waals surface area contributed by atoms with Crippen molar-refractivity contribution in [1.29, 1.82) is 0 Å². The minimum atomic E-state index is 0.0751. The fourth-order valence-corrected chi connectivity index (χ4v) is 5.01. The van der Waals surface area contributed by atoms with Gasteiger partial charge in [0.1, 0.15) is 0 Å². The fraction of sp³-hybridized carbons (Fsp3) is 0.438. The largest absolute Gasteiger partial charge is 0.353 e. The molecule has 24 heavy (non-hydrogen) atoms. The lowest BCUT2D eigenvalue weighted by molar-refractivity contribution is -0.119. The van der Waals surface area contributed by atoms with Gasteiger partial charge >= 0.3 is 0 Å². The zero-order valence-corrected chi connectivity index (χ0v) is 16.2. The van der Waals surface area contributed by atoms with Crippen molar-refractivity contribution < 1.29 is 4.79 Å². The molecule has 1 heterocycles. The van der Waals surface area contributed by atoms with Crippen LogP contribution in [-0.2, 0) is 4.79 Å². The molecule has 3 rings (SSSR count). The third-order valence-corrected chi connectivity index (χ3v) is 6.51. The van der Waals surface area contributed by atoms with E-state index >= 15 is 0 Å². The summed E-state index contributed by atoms with van der Waals surface area (Å²) in [6.07, 6.45) is 5.91. The first-order valence-electron chi connectivity index (χ1n) is 7.90. The highest BCUT2D eigenvalue weighted by Gasteiger charge is 2.16. The van der Waals surface area contributed by atoms with Crippen LogP contribution in [0.4, 0.5) is 0 Å². The maximum Gasteiger partial charge on any atom is 0.230 e. The standard InChI is InChI=1S/C16H18ClN3OS3/c17-11-6-8-13(9-7-11)20-16(22)24-15(19-20)23-10-14(21)18-12-4-2-1-3-5-12/h6-9,12H,1-5,10H2,(H,18,21). The van der Waals surface area contributed by atoms with Gasteiger partial charge in [0, 0.05) is 11.1 Å². The van der Waals surface area contributed by atoms with Crippen molar-refractivity contribution in [3.05, 3.63) is 33.2 Å². The van der Waals surface area contributed by atoms with Crippen molar-refractivity contribution in [3.8, 4) is 5.69 Å². The summed E-state index contributed by atoms with van der Waals surface area (Å²) in [6, 6.07) is 7.71. The molecule has 1 saturated carbocycles. The number of nitrogens with one attached hydrogen (secondary N) is 1. The van der Waals surface area contributed by atoms with Crippen LogP contribution in [0, 0.1) is 3.95 Å². The first-order valence-corrected chi connectivity index (χ1v) is 10.5. The summed E-state index contributed by atoms with van der Waals surface area (Å²) in [7, 11) is 0. The number of hydrogen-bond donors (Lipinski definition) is 1. The second-order valence-electron chi connectivity index (χ2n) is 5.71. The van der Waals surface area contributed by atoms with Crippen molar-refractivity contribution in [3.63, 3.8) is 0 Å². The Hall–Kier alpha value is -0.890. The average Bonchev–Trinajstić information content (AvgIpc) is 2.95. The Balaban J connectivity index is 1.58. The minimum Gasteiger partial charge on any atom is -0.353 e. The Labute approximate surface area is 159 Å². The molecule has 1 aliphatic carbocycles. The number of amides is 1. The summed E-state index contributed by atoms with van der Waals surface area (Å²) < 4.78 is 3.17. The molecule has 0 radical (unpaired) electrons. The van der Waals surface area contributed by atoms with E-state index in [0.717, 1.165) is 22.9 Å². The highest BCUT2D eigenvalue weighted by Crippen LogP contribution is 2.25. The van der Waals surface area contributed by atoms with E-state index in [1.54, 1.807) is 4.68 Å². The Morgan fingerprint density at radius 1 is 1.33 bits per heavy atom. The van der Waals surface area contributed by atoms with Gasteiger partial charge < -0.3 is 5.32 Å². The van der Waals surface area contributed by atoms with Crippen molar-refractivity contribution in [2.24, 2.45) is 0 Å². The summed E-state index contributed by atoms with van der Waals surface area (Å²) in [5.74, 6) is 0.449. The number of carbonyl (C=O) groups is 1. The molecule has 0 unspecified atom stereocenters. The number of benzene rings is 1. The van der Waals surface area contributed by atoms with Crippen LogP contribution in [0.1, 0.15) is 32.1 Å². The molecule has 1 amide bonds. The summed E-state index contributed by atoms with van der Waals surface area (Å²) >= 11 is 14.1. The summed E-state index contributed by atoms with van der Waals surface area (Å²) in [6.45, 7) is 0. The lowest BCUT2D eigenvalue weighted by atomic mass is 9.95. The molecule has 2 aromatic rings. The van der Waals surface area contributed by atoms with Crippen LogP contribution in [0.15, 0.2) is 28.6 Å². The molecule has 0 spiro atoms. The molecular weight excluding hydrogens is 382 g/mol. The molecular formula is C16H18ClN3OS3. The van der Waals surface area contributed by atoms with Gasteiger partial charge in [-0.05, 0) is 49.3 Å². The molecule has 0 saturated heterocycles. The monoisotopic (exact) mass is 399 g/mol. The number of aromatic nitrogens is 2. The number of hydrogen-bond acceptors (Lipinski definition) is 5. The number of nitrogens with zero attached hydrogens (tertiary/aromatic N) is 2. The first kappa shape index (κ1) is 17.9. The van der Waals surface area contributed by atoms with Gasteiger partial charge in [0.15, 0.2) is 8.29 Å². The quantitative estimate of drug-likeness (QED) is 0.576. The van der Waals surface area contributed by atoms with Crippen molar-refractivity contribution in [1.82, 2.24) is 15.1 Å². The first-order chi connectivity index (χ1) is 11.6. The molecule has 1 aliphatic rings. The van der Waals surface area contributed by atoms with Crippen LogP contribution < -0.4 is 5.32 Å². The molecule has 1 aromatic carbocycles. The van der Waals surface area contributed by atoms with E-state index in [1.165, 1.54) is 42.4 Å². The SMILES string of the molecule is O=C(CSc1nn(-c2ccc(Cl)cc2)c(=S)s1)NC1CCCCC1. The van der Waals surface area contributed by atoms with Gasteiger partial charge in [-0.2, -0.15) is 0 Å². The van der Waals surface area contributed by atoms with Crippen molar-refractivity contribution >= 4 is 52.8 Å². The highest BCUT2D eigenvalue weighted by atomic mass is 35.5. The molecule has 0 bridgehead atoms. The number of carbonyl (C=O) groups excluding carboxylic acids is 1. The third-order valence-electron chi connectivity index (χ3n) is 3.90. The molecule has 128 valence electrons. The van der Waals surface area contributed by atoms with E-state index < -0.39 is 0 Å². The molecule has 8 heteroatoms. The van der Waals surface area contributed by atoms with E-state index in [9.17, 15) is 4.79 Å². The van der Waals surface area contributed by atoms with Gasteiger partial charge in [0.25, 0.3) is 0 Å². The van der Waals surface area contributed by atoms with E-state index in [-0.39, 0.29) is 5.91 Å². The Bertz CT molecular complexity index is 751. The van der Waals surface area contributed by atoms with E-state index in [4.69, 9.17) is 23.8 Å². The molecule has 0 atom stereocenters. The predicted molar refractivity (Wildman–Crippen MR) is 103 cm³/mol. The maximum absolute atomic E-state index is 12.1. The summed E-state index contributed by atoms with van der Waals surface area (Å²) in [5.41, 5.74) is 0.874. The second kappa shape index (κ2) is 8.47. The highest BCUT2D eigenvalue weighted by molar-refractivity contribution is 8.01. The van der Waals surface area contributed by atoms with Crippen LogP contribution in [-0.4, -0.2) is 27.5 Å². The van der Waals surface area contributed by atoms with Crippen LogP contribution in [0.2, 0.25) is 5.02 Å². The minimum absolute atomic E-state index is 0.0751. The van der Waals surface area contributed by atoms with Gasteiger partial charge in [-0.3, -0.25) is 4.79 Å². The number of rotatable bonds is 5. The molecule has 0 aliphatic heterocycles. The molecule has 1 N–H and O–H groups in total. The Kier molecular flexibility index (Phi) is 6.32. The van der Waals surface area contributed by atoms with Crippen LogP contribution >= 0.6 is 46.9 Å². The van der Waals surface area contributed by atoms with E-state index in [0.29, 0.717) is 20.8 Å². The van der Waals surface area contributed by atoms with Crippen LogP contribution in [0.3, 0.4) is 0 Å². The topological polar surface area (TPSA) is 46.9 Å². The van der Waals surface area contributed by atoms with Crippen LogP contribution in [0.25, 0.3) is 5.69 Å². The van der Waals surface area contributed by atoms with Gasteiger partial charge in [-0.25, -0.2) is 4.68 Å². The van der Waals surface area contributed by atoms with E-state index in [1.807, 2.05) is 24.3 Å². The zero-order chi connectivity index (χ0) is 16.9. The Morgan fingerprint density at radius 2 is 2.04 bits per heavy atom. The van der Waals surface area contributed by atoms with Crippen molar-refractivity contribution in [2.75, 3.05) is 5.75 Å². The predicted octanol–water partition coefficient (Wildman–Crippen LogP) is 4.86. The average molecular weight is 400 g/mol. The second-order valence-corrected chi connectivity index (χ2v) is 8.99. The van der Waals surface area contributed by atoms with E-state index in [2.05, 4.69) is 10.4 Å². The smallest absolute Gasteiger partial charge is 0.230 e. The van der Waals surface area contributed by atoms with Crippen LogP contribution in [0.5, 0.6) is 0 Å². The van der Waals surface area contributed by atoms with Gasteiger partial charge in [0.05, 0.1) is 11.4 Å². The normalized spacial score (nSPS) is 15.4. The van der Waals surface area contributed by atoms with Gasteiger partial charge in [-0.15, -0.1) is 5.10 Å². The number of halogens is 1.